The maximum Gasteiger partial charge on any atom is 0.272 e. The molecule has 2 aromatic heterocycles. The Morgan fingerprint density at radius 3 is 2.68 bits per heavy atom. The first-order valence-corrected chi connectivity index (χ1v) is 17.9. The van der Waals surface area contributed by atoms with Crippen molar-refractivity contribution in [3.63, 3.8) is 0 Å². The summed E-state index contributed by atoms with van der Waals surface area (Å²) in [7, 11) is -0.102. The number of aliphatic imine (C=N–C) groups is 1. The number of hydrogen-bond donors (Lipinski definition) is 2. The van der Waals surface area contributed by atoms with Gasteiger partial charge in [0.05, 0.1) is 36.7 Å². The smallest absolute Gasteiger partial charge is 0.272 e. The van der Waals surface area contributed by atoms with Gasteiger partial charge < -0.3 is 29.6 Å². The number of nitrogens with one attached hydrogen (secondary N) is 2. The number of aromatic nitrogens is 1. The number of hydrogen-bond acceptors (Lipinski definition) is 9. The van der Waals surface area contributed by atoms with Crippen molar-refractivity contribution in [1.82, 2.24) is 9.47 Å². The van der Waals surface area contributed by atoms with Crippen molar-refractivity contribution in [2.24, 2.45) is 12.0 Å². The first-order chi connectivity index (χ1) is 22.5. The molecule has 2 aliphatic heterocycles. The Labute approximate surface area is 276 Å². The van der Waals surface area contributed by atoms with Crippen molar-refractivity contribution in [1.29, 1.82) is 0 Å². The van der Waals surface area contributed by atoms with E-state index in [1.54, 1.807) is 60.3 Å². The number of methoxy groups -OCH3 is 1. The highest BCUT2D eigenvalue weighted by molar-refractivity contribution is 7.92. The number of sulfone groups is 1. The van der Waals surface area contributed by atoms with Crippen molar-refractivity contribution in [3.05, 3.63) is 59.9 Å². The lowest BCUT2D eigenvalue weighted by Crippen LogP contribution is -2.43. The number of nitrogens with zero attached hydrogens (tertiary/aromatic N) is 3. The average molecular weight is 678 g/mol. The summed E-state index contributed by atoms with van der Waals surface area (Å²) in [5, 5.41) is 6.38. The number of aryl methyl sites for hydroxylation is 1. The standard InChI is InChI=1S/C33H35N5O7S2/c1-37-19-22(15-26(37)32(40)36-21-9-10-29-20(13-21)14-31(46-29)47(3,42)43)35-30(39)8-6-12-45-28-17-25-24(16-27(28)44-2)33(41)38-11-5-4-7-23(38)18-34-25/h9-10,13-19,23H,4-8,11-12H2,1-3H3,(H,35,39)(H,36,40)/t23-/m0/s1. The maximum absolute atomic E-state index is 13.2. The molecule has 4 aromatic rings. The SMILES string of the molecule is COc1cc2c(cc1OCCCC(=O)Nc1cc(C(=O)Nc3ccc4sc(S(C)(=O)=O)cc4c3)n(C)c1)N=C[C@@H]1CCCCN1C2=O. The van der Waals surface area contributed by atoms with Crippen LogP contribution in [-0.4, -0.2) is 74.4 Å². The fourth-order valence-electron chi connectivity index (χ4n) is 5.76. The second kappa shape index (κ2) is 13.2. The van der Waals surface area contributed by atoms with Crippen LogP contribution in [0.15, 0.2) is 57.9 Å². The van der Waals surface area contributed by atoms with Crippen molar-refractivity contribution >= 4 is 72.3 Å². The fraction of sp³-hybridized carbons (Fsp3) is 0.333. The number of thiophene rings is 1. The van der Waals surface area contributed by atoms with Gasteiger partial charge in [0.25, 0.3) is 11.8 Å². The number of rotatable bonds is 10. The lowest BCUT2D eigenvalue weighted by Gasteiger charge is -2.32. The van der Waals surface area contributed by atoms with Crippen molar-refractivity contribution in [2.45, 2.75) is 42.4 Å². The largest absolute Gasteiger partial charge is 0.493 e. The fourth-order valence-corrected chi connectivity index (χ4v) is 7.75. The highest BCUT2D eigenvalue weighted by Crippen LogP contribution is 2.38. The minimum absolute atomic E-state index is 0.00644. The summed E-state index contributed by atoms with van der Waals surface area (Å²) >= 11 is 1.18. The molecule has 246 valence electrons. The van der Waals surface area contributed by atoms with Crippen molar-refractivity contribution in [2.75, 3.05) is 37.2 Å². The van der Waals surface area contributed by atoms with E-state index in [-0.39, 0.29) is 41.0 Å². The summed E-state index contributed by atoms with van der Waals surface area (Å²) in [6, 6.07) is 11.8. The van der Waals surface area contributed by atoms with Gasteiger partial charge in [-0.05, 0) is 67.5 Å². The van der Waals surface area contributed by atoms with Crippen LogP contribution in [0.3, 0.4) is 0 Å². The predicted octanol–water partition coefficient (Wildman–Crippen LogP) is 5.41. The van der Waals surface area contributed by atoms with E-state index in [2.05, 4.69) is 15.6 Å². The van der Waals surface area contributed by atoms with E-state index in [9.17, 15) is 22.8 Å². The Morgan fingerprint density at radius 2 is 1.89 bits per heavy atom. The zero-order chi connectivity index (χ0) is 33.3. The van der Waals surface area contributed by atoms with Crippen LogP contribution in [0.2, 0.25) is 0 Å². The van der Waals surface area contributed by atoms with E-state index in [1.807, 2.05) is 11.1 Å². The van der Waals surface area contributed by atoms with Gasteiger partial charge in [-0.3, -0.25) is 19.4 Å². The topological polar surface area (TPSA) is 148 Å². The summed E-state index contributed by atoms with van der Waals surface area (Å²) in [4.78, 5) is 45.4. The van der Waals surface area contributed by atoms with Crippen LogP contribution in [0.25, 0.3) is 10.1 Å². The molecule has 2 aliphatic rings. The van der Waals surface area contributed by atoms with Gasteiger partial charge in [-0.15, -0.1) is 11.3 Å². The zero-order valence-electron chi connectivity index (χ0n) is 26.2. The third-order valence-corrected chi connectivity index (χ3v) is 11.1. The number of fused-ring (bicyclic) bond motifs is 3. The lowest BCUT2D eigenvalue weighted by atomic mass is 10.0. The van der Waals surface area contributed by atoms with E-state index < -0.39 is 9.84 Å². The molecule has 12 nitrogen and oxygen atoms in total. The number of amides is 3. The molecule has 0 saturated carbocycles. The first kappa shape index (κ1) is 32.3. The molecule has 6 rings (SSSR count). The first-order valence-electron chi connectivity index (χ1n) is 15.2. The summed E-state index contributed by atoms with van der Waals surface area (Å²) in [5.41, 5.74) is 2.35. The van der Waals surface area contributed by atoms with Crippen LogP contribution >= 0.6 is 11.3 Å². The Kier molecular flexibility index (Phi) is 9.06. The second-order valence-electron chi connectivity index (χ2n) is 11.6. The lowest BCUT2D eigenvalue weighted by molar-refractivity contribution is -0.116. The zero-order valence-corrected chi connectivity index (χ0v) is 27.9. The molecule has 0 spiro atoms. The molecule has 2 N–H and O–H groups in total. The molecule has 47 heavy (non-hydrogen) atoms. The minimum atomic E-state index is -3.32. The monoisotopic (exact) mass is 677 g/mol. The Morgan fingerprint density at radius 1 is 1.06 bits per heavy atom. The van der Waals surface area contributed by atoms with Gasteiger partial charge in [0, 0.05) is 55.1 Å². The molecule has 1 fully saturated rings. The van der Waals surface area contributed by atoms with Crippen molar-refractivity contribution in [3.8, 4) is 11.5 Å². The van der Waals surface area contributed by atoms with Gasteiger partial charge in [-0.2, -0.15) is 0 Å². The Bertz CT molecular complexity index is 2010. The van der Waals surface area contributed by atoms with E-state index >= 15 is 0 Å². The van der Waals surface area contributed by atoms with Gasteiger partial charge in [-0.1, -0.05) is 0 Å². The normalized spacial score (nSPS) is 15.9. The van der Waals surface area contributed by atoms with Crippen LogP contribution in [-0.2, 0) is 21.7 Å². The molecule has 3 amide bonds. The molecule has 0 unspecified atom stereocenters. The van der Waals surface area contributed by atoms with Crippen LogP contribution in [0.5, 0.6) is 11.5 Å². The molecular weight excluding hydrogens is 643 g/mol. The minimum Gasteiger partial charge on any atom is -0.493 e. The van der Waals surface area contributed by atoms with Crippen LogP contribution in [0, 0.1) is 0 Å². The maximum atomic E-state index is 13.2. The summed E-state index contributed by atoms with van der Waals surface area (Å²) < 4.78 is 38.0. The number of anilines is 2. The third kappa shape index (κ3) is 7.03. The van der Waals surface area contributed by atoms with Crippen LogP contribution < -0.4 is 20.1 Å². The molecule has 4 heterocycles. The molecule has 0 bridgehead atoms. The molecule has 1 atom stereocenters. The highest BCUT2D eigenvalue weighted by Gasteiger charge is 2.31. The summed E-state index contributed by atoms with van der Waals surface area (Å²) in [6.07, 6.45) is 8.18. The molecule has 0 aliphatic carbocycles. The van der Waals surface area contributed by atoms with Gasteiger partial charge in [0.1, 0.15) is 9.90 Å². The highest BCUT2D eigenvalue weighted by atomic mass is 32.2. The molecule has 0 radical (unpaired) electrons. The molecular formula is C33H35N5O7S2. The third-order valence-electron chi connectivity index (χ3n) is 8.15. The van der Waals surface area contributed by atoms with E-state index in [0.29, 0.717) is 52.8 Å². The average Bonchev–Trinajstić information content (AvgIpc) is 3.61. The second-order valence-corrected chi connectivity index (χ2v) is 15.0. The van der Waals surface area contributed by atoms with Gasteiger partial charge >= 0.3 is 0 Å². The van der Waals surface area contributed by atoms with Crippen molar-refractivity contribution < 1.29 is 32.3 Å². The van der Waals surface area contributed by atoms with E-state index in [0.717, 1.165) is 35.6 Å². The summed E-state index contributed by atoms with van der Waals surface area (Å²) in [6.45, 7) is 0.941. The van der Waals surface area contributed by atoms with Gasteiger partial charge in [0.15, 0.2) is 21.3 Å². The van der Waals surface area contributed by atoms with Gasteiger partial charge in [-0.25, -0.2) is 8.42 Å². The number of carbonyl (C=O) groups is 3. The number of carbonyl (C=O) groups excluding carboxylic acids is 3. The molecule has 14 heteroatoms. The Hall–Kier alpha value is -4.69. The number of benzene rings is 2. The van der Waals surface area contributed by atoms with E-state index in [4.69, 9.17) is 9.47 Å². The van der Waals surface area contributed by atoms with E-state index in [1.165, 1.54) is 18.4 Å². The quantitative estimate of drug-likeness (QED) is 0.213. The number of piperidine rings is 1. The van der Waals surface area contributed by atoms with Crippen LogP contribution in [0.1, 0.15) is 53.0 Å². The predicted molar refractivity (Wildman–Crippen MR) is 181 cm³/mol. The molecule has 2 aromatic carbocycles. The molecule has 1 saturated heterocycles. The summed E-state index contributed by atoms with van der Waals surface area (Å²) in [5.74, 6) is 0.197. The number of ether oxygens (including phenoxy) is 2. The van der Waals surface area contributed by atoms with Gasteiger partial charge in [0.2, 0.25) is 5.91 Å². The Balaban J connectivity index is 1.03. The van der Waals surface area contributed by atoms with Crippen LogP contribution in [0.4, 0.5) is 17.1 Å².